The molecule has 0 radical (unpaired) electrons. The van der Waals surface area contributed by atoms with Gasteiger partial charge in [0.05, 0.1) is 0 Å². The lowest BCUT2D eigenvalue weighted by molar-refractivity contribution is 0.0801. The topological polar surface area (TPSA) is 9.23 Å². The number of benzene rings is 2. The Morgan fingerprint density at radius 1 is 0.893 bits per heavy atom. The van der Waals surface area contributed by atoms with Crippen LogP contribution in [-0.2, 0) is 5.41 Å². The molecule has 2 atom stereocenters. The Bertz CT molecular complexity index is 755. The Labute approximate surface area is 172 Å². The molecule has 28 heavy (non-hydrogen) atoms. The minimum Gasteiger partial charge on any atom is -0.488 e. The lowest BCUT2D eigenvalue weighted by atomic mass is 9.55. The van der Waals surface area contributed by atoms with Gasteiger partial charge in [-0.05, 0) is 73.6 Å². The smallest absolute Gasteiger partial charge is 0.120 e. The van der Waals surface area contributed by atoms with Crippen molar-refractivity contribution in [3.05, 3.63) is 65.7 Å². The van der Waals surface area contributed by atoms with Crippen LogP contribution in [0.1, 0.15) is 84.8 Å². The van der Waals surface area contributed by atoms with E-state index in [4.69, 9.17) is 4.74 Å². The Hall–Kier alpha value is -1.76. The van der Waals surface area contributed by atoms with Crippen LogP contribution >= 0.6 is 0 Å². The molecule has 1 fully saturated rings. The van der Waals surface area contributed by atoms with Gasteiger partial charge >= 0.3 is 0 Å². The summed E-state index contributed by atoms with van der Waals surface area (Å²) in [6, 6.07) is 20.2. The summed E-state index contributed by atoms with van der Waals surface area (Å²) in [4.78, 5) is 0. The highest BCUT2D eigenvalue weighted by molar-refractivity contribution is 5.43. The van der Waals surface area contributed by atoms with Crippen molar-refractivity contribution >= 4 is 0 Å². The van der Waals surface area contributed by atoms with E-state index in [1.165, 1.54) is 30.4 Å². The van der Waals surface area contributed by atoms with E-state index in [0.717, 1.165) is 18.6 Å². The summed E-state index contributed by atoms with van der Waals surface area (Å²) in [5.74, 6) is 1.70. The predicted octanol–water partition coefficient (Wildman–Crippen LogP) is 7.78. The van der Waals surface area contributed by atoms with E-state index in [2.05, 4.69) is 96.1 Å². The Morgan fingerprint density at radius 2 is 1.46 bits per heavy atom. The van der Waals surface area contributed by atoms with Gasteiger partial charge in [-0.3, -0.25) is 0 Å². The van der Waals surface area contributed by atoms with E-state index in [0.29, 0.717) is 11.3 Å². The van der Waals surface area contributed by atoms with Crippen LogP contribution in [0.4, 0.5) is 0 Å². The number of hydrogen-bond acceptors (Lipinski definition) is 1. The third-order valence-corrected chi connectivity index (χ3v) is 6.97. The monoisotopic (exact) mass is 378 g/mol. The fraction of sp³-hybridized carbons (Fsp3) is 0.556. The average Bonchev–Trinajstić information content (AvgIpc) is 2.67. The molecule has 0 amide bonds. The summed E-state index contributed by atoms with van der Waals surface area (Å²) in [5.41, 5.74) is 3.22. The van der Waals surface area contributed by atoms with Crippen LogP contribution in [0.25, 0.3) is 0 Å². The van der Waals surface area contributed by atoms with Crippen molar-refractivity contribution < 1.29 is 4.74 Å². The number of hydrogen-bond donors (Lipinski definition) is 0. The van der Waals surface area contributed by atoms with E-state index >= 15 is 0 Å². The van der Waals surface area contributed by atoms with E-state index in [9.17, 15) is 0 Å². The highest BCUT2D eigenvalue weighted by Gasteiger charge is 2.45. The van der Waals surface area contributed by atoms with Crippen LogP contribution in [0.3, 0.4) is 0 Å². The molecule has 2 aromatic carbocycles. The second kappa shape index (κ2) is 7.93. The molecule has 1 saturated carbocycles. The highest BCUT2D eigenvalue weighted by Crippen LogP contribution is 2.53. The van der Waals surface area contributed by atoms with Gasteiger partial charge in [-0.25, -0.2) is 0 Å². The molecular formula is C27H38O. The molecule has 0 N–H and O–H groups in total. The van der Waals surface area contributed by atoms with Crippen molar-refractivity contribution in [3.63, 3.8) is 0 Å². The fourth-order valence-corrected chi connectivity index (χ4v) is 5.46. The molecule has 2 unspecified atom stereocenters. The zero-order valence-electron chi connectivity index (χ0n) is 18.7. The van der Waals surface area contributed by atoms with Gasteiger partial charge in [-0.1, -0.05) is 77.1 Å². The van der Waals surface area contributed by atoms with E-state index < -0.39 is 0 Å². The van der Waals surface area contributed by atoms with Crippen LogP contribution < -0.4 is 4.74 Å². The first-order valence-electron chi connectivity index (χ1n) is 11.1. The number of rotatable bonds is 6. The van der Waals surface area contributed by atoms with Gasteiger partial charge in [0.1, 0.15) is 11.4 Å². The maximum atomic E-state index is 6.34. The third kappa shape index (κ3) is 4.29. The molecular weight excluding hydrogens is 340 g/mol. The quantitative estimate of drug-likeness (QED) is 0.498. The van der Waals surface area contributed by atoms with Gasteiger partial charge in [0.2, 0.25) is 0 Å². The summed E-state index contributed by atoms with van der Waals surface area (Å²) in [5, 5.41) is 0. The van der Waals surface area contributed by atoms with E-state index in [-0.39, 0.29) is 11.0 Å². The van der Waals surface area contributed by atoms with Gasteiger partial charge in [-0.2, -0.15) is 0 Å². The van der Waals surface area contributed by atoms with Gasteiger partial charge < -0.3 is 4.74 Å². The molecule has 1 aliphatic rings. The summed E-state index contributed by atoms with van der Waals surface area (Å²) in [6.45, 7) is 13.9. The van der Waals surface area contributed by atoms with Crippen molar-refractivity contribution in [2.45, 2.75) is 84.7 Å². The van der Waals surface area contributed by atoms with Gasteiger partial charge in [0.25, 0.3) is 0 Å². The summed E-state index contributed by atoms with van der Waals surface area (Å²) >= 11 is 0. The molecule has 3 rings (SSSR count). The van der Waals surface area contributed by atoms with E-state index in [1.54, 1.807) is 0 Å². The SMILES string of the molecule is CCC(C)(CC)Oc1ccc(C2(c3ccccc3)CC(C)CC(C)(C)C2)cc1. The second-order valence-corrected chi connectivity index (χ2v) is 10.1. The Balaban J connectivity index is 2.00. The van der Waals surface area contributed by atoms with Gasteiger partial charge in [0, 0.05) is 5.41 Å². The molecule has 0 bridgehead atoms. The molecule has 0 aliphatic heterocycles. The number of ether oxygens (including phenoxy) is 1. The molecule has 0 heterocycles. The van der Waals surface area contributed by atoms with Crippen LogP contribution in [0, 0.1) is 11.3 Å². The van der Waals surface area contributed by atoms with Crippen LogP contribution in [0.5, 0.6) is 5.75 Å². The average molecular weight is 379 g/mol. The first-order chi connectivity index (χ1) is 13.2. The van der Waals surface area contributed by atoms with Crippen molar-refractivity contribution in [1.82, 2.24) is 0 Å². The summed E-state index contributed by atoms with van der Waals surface area (Å²) in [6.07, 6.45) is 5.74. The molecule has 0 aromatic heterocycles. The zero-order valence-corrected chi connectivity index (χ0v) is 18.7. The normalized spacial score (nSPS) is 24.7. The van der Waals surface area contributed by atoms with Crippen molar-refractivity contribution in [2.24, 2.45) is 11.3 Å². The molecule has 0 spiro atoms. The Kier molecular flexibility index (Phi) is 5.94. The molecule has 1 heteroatoms. The van der Waals surface area contributed by atoms with Crippen molar-refractivity contribution in [2.75, 3.05) is 0 Å². The lowest BCUT2D eigenvalue weighted by Crippen LogP contribution is -2.41. The Morgan fingerprint density at radius 3 is 2.00 bits per heavy atom. The summed E-state index contributed by atoms with van der Waals surface area (Å²) in [7, 11) is 0. The van der Waals surface area contributed by atoms with E-state index in [1.807, 2.05) is 0 Å². The molecule has 0 saturated heterocycles. The fourth-order valence-electron chi connectivity index (χ4n) is 5.46. The first kappa shape index (κ1) is 21.0. The molecule has 152 valence electrons. The second-order valence-electron chi connectivity index (χ2n) is 10.1. The maximum absolute atomic E-state index is 6.34. The lowest BCUT2D eigenvalue weighted by Gasteiger charge is -2.48. The predicted molar refractivity (Wildman–Crippen MR) is 120 cm³/mol. The third-order valence-electron chi connectivity index (χ3n) is 6.97. The largest absolute Gasteiger partial charge is 0.488 e. The molecule has 2 aromatic rings. The van der Waals surface area contributed by atoms with Gasteiger partial charge in [0.15, 0.2) is 0 Å². The van der Waals surface area contributed by atoms with Crippen molar-refractivity contribution in [1.29, 1.82) is 0 Å². The highest BCUT2D eigenvalue weighted by atomic mass is 16.5. The summed E-state index contributed by atoms with van der Waals surface area (Å²) < 4.78 is 6.34. The molecule has 1 aliphatic carbocycles. The zero-order chi connectivity index (χ0) is 20.4. The van der Waals surface area contributed by atoms with Gasteiger partial charge in [-0.15, -0.1) is 0 Å². The van der Waals surface area contributed by atoms with Crippen LogP contribution in [-0.4, -0.2) is 5.60 Å². The minimum atomic E-state index is -0.0834. The van der Waals surface area contributed by atoms with Crippen molar-refractivity contribution in [3.8, 4) is 5.75 Å². The van der Waals surface area contributed by atoms with Crippen LogP contribution in [0.15, 0.2) is 54.6 Å². The molecule has 1 nitrogen and oxygen atoms in total. The first-order valence-corrected chi connectivity index (χ1v) is 11.1. The van der Waals surface area contributed by atoms with Crippen LogP contribution in [0.2, 0.25) is 0 Å². The maximum Gasteiger partial charge on any atom is 0.120 e. The standard InChI is InChI=1S/C27H38O/c1-7-26(6,8-2)28-24-16-14-23(15-17-24)27(22-12-10-9-11-13-22)19-21(3)18-25(4,5)20-27/h9-17,21H,7-8,18-20H2,1-6H3. The minimum absolute atomic E-state index is 0.0831.